The number of likely N-dealkylation sites (tertiary alicyclic amines) is 1. The quantitative estimate of drug-likeness (QED) is 0.847. The lowest BCUT2D eigenvalue weighted by atomic mass is 9.73. The number of ketones is 1. The Morgan fingerprint density at radius 1 is 1.14 bits per heavy atom. The monoisotopic (exact) mass is 392 g/mol. The van der Waals surface area contributed by atoms with Crippen LogP contribution in [0, 0.1) is 5.41 Å². The first-order chi connectivity index (χ1) is 14.0. The number of hydrogen-bond donors (Lipinski definition) is 1. The molecule has 1 aliphatic heterocycles. The molecule has 6 nitrogen and oxygen atoms in total. The van der Waals surface area contributed by atoms with Gasteiger partial charge in [-0.2, -0.15) is 0 Å². The zero-order chi connectivity index (χ0) is 20.6. The third-order valence-electron chi connectivity index (χ3n) is 5.97. The summed E-state index contributed by atoms with van der Waals surface area (Å²) in [5.74, 6) is 0.655. The number of carbonyl (C=O) groups excluding carboxylic acids is 3. The van der Waals surface area contributed by atoms with E-state index >= 15 is 0 Å². The van der Waals surface area contributed by atoms with E-state index in [0.717, 1.165) is 16.9 Å². The second-order valence-corrected chi connectivity index (χ2v) is 7.80. The van der Waals surface area contributed by atoms with Gasteiger partial charge in [0, 0.05) is 37.7 Å². The largest absolute Gasteiger partial charge is 0.497 e. The summed E-state index contributed by atoms with van der Waals surface area (Å²) >= 11 is 0. The summed E-state index contributed by atoms with van der Waals surface area (Å²) in [7, 11) is 3.23. The lowest BCUT2D eigenvalue weighted by Gasteiger charge is -2.49. The van der Waals surface area contributed by atoms with Gasteiger partial charge in [-0.05, 0) is 42.2 Å². The molecule has 0 saturated carbocycles. The van der Waals surface area contributed by atoms with E-state index in [1.165, 1.54) is 0 Å². The normalized spacial score (nSPS) is 16.8. The van der Waals surface area contributed by atoms with E-state index in [2.05, 4.69) is 5.32 Å². The van der Waals surface area contributed by atoms with Crippen molar-refractivity contribution in [2.75, 3.05) is 27.2 Å². The average Bonchev–Trinajstić information content (AvgIpc) is 3.10. The van der Waals surface area contributed by atoms with Crippen molar-refractivity contribution in [2.24, 2.45) is 5.41 Å². The molecule has 4 rings (SSSR count). The Bertz CT molecular complexity index is 992. The molecule has 0 spiro atoms. The van der Waals surface area contributed by atoms with Crippen LogP contribution in [0.4, 0.5) is 0 Å². The summed E-state index contributed by atoms with van der Waals surface area (Å²) in [6, 6.07) is 13.0. The fourth-order valence-corrected chi connectivity index (χ4v) is 4.46. The van der Waals surface area contributed by atoms with Gasteiger partial charge in [0.25, 0.3) is 5.91 Å². The van der Waals surface area contributed by atoms with E-state index in [-0.39, 0.29) is 17.6 Å². The van der Waals surface area contributed by atoms with E-state index in [4.69, 9.17) is 4.74 Å². The third-order valence-corrected chi connectivity index (χ3v) is 5.97. The van der Waals surface area contributed by atoms with E-state index in [0.29, 0.717) is 43.5 Å². The van der Waals surface area contributed by atoms with Gasteiger partial charge in [-0.3, -0.25) is 14.4 Å². The van der Waals surface area contributed by atoms with Crippen LogP contribution in [0.2, 0.25) is 0 Å². The van der Waals surface area contributed by atoms with Crippen molar-refractivity contribution in [1.29, 1.82) is 0 Å². The van der Waals surface area contributed by atoms with Crippen LogP contribution >= 0.6 is 0 Å². The number of fused-ring (bicyclic) bond motifs is 1. The Kier molecular flexibility index (Phi) is 4.86. The van der Waals surface area contributed by atoms with Crippen LogP contribution in [-0.2, 0) is 17.6 Å². The van der Waals surface area contributed by atoms with Crippen molar-refractivity contribution in [3.8, 4) is 5.75 Å². The number of amides is 2. The number of nitrogens with one attached hydrogen (secondary N) is 1. The van der Waals surface area contributed by atoms with Crippen LogP contribution in [0.25, 0.3) is 0 Å². The summed E-state index contributed by atoms with van der Waals surface area (Å²) in [4.78, 5) is 39.5. The van der Waals surface area contributed by atoms with Gasteiger partial charge in [-0.1, -0.05) is 24.3 Å². The van der Waals surface area contributed by atoms with Gasteiger partial charge < -0.3 is 15.0 Å². The summed E-state index contributed by atoms with van der Waals surface area (Å²) in [6.07, 6.45) is 1.59. The first-order valence-electron chi connectivity index (χ1n) is 9.77. The van der Waals surface area contributed by atoms with Crippen LogP contribution in [0.15, 0.2) is 42.5 Å². The average molecular weight is 392 g/mol. The molecule has 0 bridgehead atoms. The molecule has 1 fully saturated rings. The van der Waals surface area contributed by atoms with E-state index in [9.17, 15) is 14.4 Å². The Morgan fingerprint density at radius 3 is 2.62 bits per heavy atom. The van der Waals surface area contributed by atoms with Crippen LogP contribution in [0.1, 0.15) is 38.3 Å². The van der Waals surface area contributed by atoms with E-state index < -0.39 is 5.41 Å². The second-order valence-electron chi connectivity index (χ2n) is 7.80. The Balaban J connectivity index is 1.55. The number of carbonyl (C=O) groups is 3. The van der Waals surface area contributed by atoms with Gasteiger partial charge in [-0.15, -0.1) is 0 Å². The van der Waals surface area contributed by atoms with Crippen molar-refractivity contribution >= 4 is 17.6 Å². The minimum absolute atomic E-state index is 0.0714. The molecule has 2 aromatic carbocycles. The third kappa shape index (κ3) is 3.28. The molecular formula is C23H24N2O4. The van der Waals surface area contributed by atoms with Crippen LogP contribution in [0.3, 0.4) is 0 Å². The lowest BCUT2D eigenvalue weighted by molar-refractivity contribution is -0.138. The highest BCUT2D eigenvalue weighted by atomic mass is 16.5. The van der Waals surface area contributed by atoms with E-state index in [1.807, 2.05) is 24.3 Å². The molecule has 0 aromatic heterocycles. The molecule has 1 heterocycles. The lowest BCUT2D eigenvalue weighted by Crippen LogP contribution is -2.65. The number of Topliss-reactive ketones (excluding diaryl/α,β-unsaturated/α-hetero) is 1. The predicted octanol–water partition coefficient (Wildman–Crippen LogP) is 2.25. The summed E-state index contributed by atoms with van der Waals surface area (Å²) in [5.41, 5.74) is 2.41. The SMILES string of the molecule is CNC(=O)C1(Cc2cccc(OC)c2)CN(C(=O)c2cccc3c2CCC3=O)C1. The van der Waals surface area contributed by atoms with Crippen molar-refractivity contribution in [3.05, 3.63) is 64.7 Å². The molecule has 1 N–H and O–H groups in total. The first-order valence-corrected chi connectivity index (χ1v) is 9.77. The fraction of sp³-hybridized carbons (Fsp3) is 0.348. The molecule has 29 heavy (non-hydrogen) atoms. The molecule has 2 aliphatic rings. The Labute approximate surface area is 169 Å². The molecular weight excluding hydrogens is 368 g/mol. The van der Waals surface area contributed by atoms with Crippen molar-refractivity contribution in [1.82, 2.24) is 10.2 Å². The van der Waals surface area contributed by atoms with Crippen LogP contribution in [0.5, 0.6) is 5.75 Å². The maximum Gasteiger partial charge on any atom is 0.254 e. The second kappa shape index (κ2) is 7.35. The standard InChI is InChI=1S/C23H24N2O4/c1-24-22(28)23(12-15-5-3-6-16(11-15)29-2)13-25(14-23)21(27)19-8-4-7-18-17(19)9-10-20(18)26/h3-8,11H,9-10,12-14H2,1-2H3,(H,24,28). The highest BCUT2D eigenvalue weighted by Crippen LogP contribution is 2.37. The van der Waals surface area contributed by atoms with Crippen LogP contribution in [-0.4, -0.2) is 49.7 Å². The molecule has 2 aromatic rings. The summed E-state index contributed by atoms with van der Waals surface area (Å²) < 4.78 is 5.28. The summed E-state index contributed by atoms with van der Waals surface area (Å²) in [5, 5.41) is 2.75. The first kappa shape index (κ1) is 19.2. The van der Waals surface area contributed by atoms with E-state index in [1.54, 1.807) is 37.3 Å². The van der Waals surface area contributed by atoms with Crippen molar-refractivity contribution in [2.45, 2.75) is 19.3 Å². The number of hydrogen-bond acceptors (Lipinski definition) is 4. The highest BCUT2D eigenvalue weighted by Gasteiger charge is 2.51. The number of methoxy groups -OCH3 is 1. The molecule has 2 amide bonds. The number of rotatable bonds is 5. The Hall–Kier alpha value is -3.15. The van der Waals surface area contributed by atoms with Crippen LogP contribution < -0.4 is 10.1 Å². The highest BCUT2D eigenvalue weighted by molar-refractivity contribution is 6.06. The van der Waals surface area contributed by atoms with Gasteiger partial charge in [0.05, 0.1) is 12.5 Å². The number of benzene rings is 2. The van der Waals surface area contributed by atoms with Gasteiger partial charge in [-0.25, -0.2) is 0 Å². The molecule has 1 aliphatic carbocycles. The van der Waals surface area contributed by atoms with Gasteiger partial charge in [0.15, 0.2) is 5.78 Å². The molecule has 0 unspecified atom stereocenters. The maximum absolute atomic E-state index is 13.1. The summed E-state index contributed by atoms with van der Waals surface area (Å²) in [6.45, 7) is 0.695. The number of nitrogens with zero attached hydrogens (tertiary/aromatic N) is 1. The molecule has 0 radical (unpaired) electrons. The zero-order valence-corrected chi connectivity index (χ0v) is 16.7. The molecule has 0 atom stereocenters. The predicted molar refractivity (Wildman–Crippen MR) is 108 cm³/mol. The minimum atomic E-state index is -0.662. The van der Waals surface area contributed by atoms with Gasteiger partial charge in [0.1, 0.15) is 5.75 Å². The minimum Gasteiger partial charge on any atom is -0.497 e. The Morgan fingerprint density at radius 2 is 1.90 bits per heavy atom. The molecule has 6 heteroatoms. The fourth-order valence-electron chi connectivity index (χ4n) is 4.46. The van der Waals surface area contributed by atoms with Gasteiger partial charge >= 0.3 is 0 Å². The van der Waals surface area contributed by atoms with Crippen molar-refractivity contribution in [3.63, 3.8) is 0 Å². The molecule has 1 saturated heterocycles. The topological polar surface area (TPSA) is 75.7 Å². The van der Waals surface area contributed by atoms with Gasteiger partial charge in [0.2, 0.25) is 5.91 Å². The maximum atomic E-state index is 13.1. The molecule has 150 valence electrons. The smallest absolute Gasteiger partial charge is 0.254 e. The number of ether oxygens (including phenoxy) is 1. The zero-order valence-electron chi connectivity index (χ0n) is 16.7. The van der Waals surface area contributed by atoms with Crippen molar-refractivity contribution < 1.29 is 19.1 Å².